The molecule has 0 unspecified atom stereocenters. The van der Waals surface area contributed by atoms with E-state index in [-0.39, 0.29) is 56.1 Å². The van der Waals surface area contributed by atoms with Crippen LogP contribution in [0.15, 0.2) is 95.7 Å². The van der Waals surface area contributed by atoms with Gasteiger partial charge in [-0.15, -0.1) is 32.9 Å². The highest BCUT2D eigenvalue weighted by Crippen LogP contribution is 2.40. The van der Waals surface area contributed by atoms with Crippen molar-refractivity contribution in [3.05, 3.63) is 146 Å². The third kappa shape index (κ3) is 9.61. The maximum absolute atomic E-state index is 14.2. The number of carbonyl (C=O) groups excluding carboxylic acids is 3. The molecule has 7 aromatic rings. The normalized spacial score (nSPS) is 17.0. The summed E-state index contributed by atoms with van der Waals surface area (Å²) in [4.78, 5) is 54.7. The zero-order valence-electron chi connectivity index (χ0n) is 38.4. The van der Waals surface area contributed by atoms with Crippen molar-refractivity contribution in [3.8, 4) is 26.9 Å². The van der Waals surface area contributed by atoms with Crippen LogP contribution in [0.5, 0.6) is 11.5 Å². The van der Waals surface area contributed by atoms with E-state index < -0.39 is 24.2 Å². The Labute approximate surface area is 406 Å². The lowest BCUT2D eigenvalue weighted by Crippen LogP contribution is -2.49. The first kappa shape index (κ1) is 46.6. The first-order chi connectivity index (χ1) is 32.7. The molecule has 4 atom stereocenters. The molecule has 0 bridgehead atoms. The first-order valence-electron chi connectivity index (χ1n) is 22.4. The molecule has 1 fully saturated rings. The van der Waals surface area contributed by atoms with Crippen LogP contribution in [-0.4, -0.2) is 81.7 Å². The summed E-state index contributed by atoms with van der Waals surface area (Å²) < 4.78 is 9.74. The van der Waals surface area contributed by atoms with Crippen molar-refractivity contribution in [3.63, 3.8) is 0 Å². The van der Waals surface area contributed by atoms with Gasteiger partial charge in [0.25, 0.3) is 0 Å². The maximum atomic E-state index is 14.2. The van der Waals surface area contributed by atoms with Gasteiger partial charge in [-0.1, -0.05) is 74.0 Å². The Kier molecular flexibility index (Phi) is 13.4. The summed E-state index contributed by atoms with van der Waals surface area (Å²) in [5.41, 5.74) is 9.43. The topological polar surface area (TPSA) is 182 Å². The number of β-amino-alcohol motifs (C(OH)–C–C–N with tert-alkyl or cyclic N) is 1. The summed E-state index contributed by atoms with van der Waals surface area (Å²) >= 11 is 9.51. The molecule has 6 heterocycles. The largest absolute Gasteiger partial charge is 0.454 e. The van der Waals surface area contributed by atoms with E-state index in [4.69, 9.17) is 21.3 Å². The number of ether oxygens (including phenoxy) is 1. The number of hydrogen-bond donors (Lipinski definition) is 3. The summed E-state index contributed by atoms with van der Waals surface area (Å²) in [5.74, 6) is 1.25. The fourth-order valence-electron chi connectivity index (χ4n) is 8.76. The molecule has 350 valence electrons. The Hall–Kier alpha value is -6.53. The Morgan fingerprint density at radius 3 is 2.28 bits per heavy atom. The van der Waals surface area contributed by atoms with Gasteiger partial charge in [-0.2, -0.15) is 5.10 Å². The number of thiazole rings is 1. The van der Waals surface area contributed by atoms with E-state index in [2.05, 4.69) is 44.8 Å². The molecule has 2 aliphatic heterocycles. The second kappa shape index (κ2) is 19.6. The molecule has 9 rings (SSSR count). The van der Waals surface area contributed by atoms with Crippen LogP contribution in [0.3, 0.4) is 0 Å². The monoisotopic (exact) mass is 970 g/mol. The second-order valence-electron chi connectivity index (χ2n) is 17.6. The van der Waals surface area contributed by atoms with Gasteiger partial charge in [0.1, 0.15) is 34.7 Å². The zero-order valence-corrected chi connectivity index (χ0v) is 40.8. The molecule has 0 radical (unpaired) electrons. The number of aliphatic hydroxyl groups excluding tert-OH is 1. The minimum absolute atomic E-state index is 0.0401. The number of benzene rings is 3. The lowest BCUT2D eigenvalue weighted by Gasteiger charge is -2.30. The van der Waals surface area contributed by atoms with Crippen LogP contribution >= 0.6 is 34.3 Å². The molecular weight excluding hydrogens is 920 g/mol. The van der Waals surface area contributed by atoms with Crippen LogP contribution < -0.4 is 15.4 Å². The minimum atomic E-state index is -0.835. The van der Waals surface area contributed by atoms with Gasteiger partial charge in [-0.3, -0.25) is 28.6 Å². The molecule has 0 saturated carbocycles. The van der Waals surface area contributed by atoms with E-state index in [1.165, 1.54) is 9.78 Å². The van der Waals surface area contributed by atoms with E-state index in [1.807, 2.05) is 98.4 Å². The summed E-state index contributed by atoms with van der Waals surface area (Å²) in [7, 11) is 0. The number of thiophene rings is 1. The summed E-state index contributed by atoms with van der Waals surface area (Å²) in [6.07, 6.45) is 2.56. The number of nitrogens with one attached hydrogen (secondary N) is 2. The van der Waals surface area contributed by atoms with Crippen LogP contribution in [0.4, 0.5) is 0 Å². The lowest BCUT2D eigenvalue weighted by atomic mass is 9.99. The van der Waals surface area contributed by atoms with E-state index >= 15 is 0 Å². The lowest BCUT2D eigenvalue weighted by molar-refractivity contribution is -0.142. The number of likely N-dealkylation sites (tertiary alicyclic amines) is 1. The third-order valence-corrected chi connectivity index (χ3v) is 14.8. The number of aliphatic hydroxyl groups is 1. The van der Waals surface area contributed by atoms with Crippen molar-refractivity contribution in [2.45, 2.75) is 91.7 Å². The quantitative estimate of drug-likeness (QED) is 0.0964. The van der Waals surface area contributed by atoms with Crippen molar-refractivity contribution in [2.24, 2.45) is 10.9 Å². The Morgan fingerprint density at radius 2 is 1.59 bits per heavy atom. The van der Waals surface area contributed by atoms with Crippen molar-refractivity contribution in [2.75, 3.05) is 6.54 Å². The summed E-state index contributed by atoms with van der Waals surface area (Å²) in [5, 5.41) is 31.7. The average molecular weight is 972 g/mol. The number of rotatable bonds is 14. The number of amides is 3. The highest BCUT2D eigenvalue weighted by molar-refractivity contribution is 7.15. The number of carbonyl (C=O) groups is 3. The van der Waals surface area contributed by atoms with Gasteiger partial charge in [0.05, 0.1) is 46.7 Å². The molecule has 15 nitrogen and oxygen atoms in total. The van der Waals surface area contributed by atoms with E-state index in [1.54, 1.807) is 51.9 Å². The second-order valence-corrected chi connectivity index (χ2v) is 20.0. The van der Waals surface area contributed by atoms with Gasteiger partial charge < -0.3 is 25.4 Å². The van der Waals surface area contributed by atoms with Crippen LogP contribution in [0.1, 0.15) is 88.8 Å². The number of halogens is 1. The van der Waals surface area contributed by atoms with Crippen molar-refractivity contribution in [1.82, 2.24) is 45.1 Å². The van der Waals surface area contributed by atoms with Crippen LogP contribution in [0, 0.1) is 33.6 Å². The highest BCUT2D eigenvalue weighted by atomic mass is 35.5. The molecule has 0 aliphatic carbocycles. The molecule has 3 aromatic carbocycles. The molecule has 2 aliphatic rings. The number of aryl methyl sites for hydroxylation is 3. The first-order valence-corrected chi connectivity index (χ1v) is 24.5. The Balaban J connectivity index is 0.818. The highest BCUT2D eigenvalue weighted by Gasteiger charge is 2.42. The van der Waals surface area contributed by atoms with Gasteiger partial charge in [0, 0.05) is 47.1 Å². The van der Waals surface area contributed by atoms with Crippen molar-refractivity contribution < 1.29 is 24.2 Å². The van der Waals surface area contributed by atoms with Gasteiger partial charge in [0.2, 0.25) is 17.7 Å². The average Bonchev–Trinajstić information content (AvgIpc) is 4.16. The molecule has 3 N–H and O–H groups in total. The Bertz CT molecular complexity index is 3010. The molecule has 3 amide bonds. The van der Waals surface area contributed by atoms with Gasteiger partial charge in [0.15, 0.2) is 11.6 Å². The molecule has 1 saturated heterocycles. The van der Waals surface area contributed by atoms with E-state index in [0.29, 0.717) is 22.3 Å². The van der Waals surface area contributed by atoms with Crippen LogP contribution in [-0.2, 0) is 27.5 Å². The summed E-state index contributed by atoms with van der Waals surface area (Å²) in [6.45, 7) is 12.5. The third-order valence-electron chi connectivity index (χ3n) is 12.4. The molecule has 4 aromatic heterocycles. The van der Waals surface area contributed by atoms with E-state index in [0.717, 1.165) is 60.5 Å². The molecular formula is C50H51ClN10O5S2. The smallest absolute Gasteiger partial charge is 0.248 e. The van der Waals surface area contributed by atoms with Crippen LogP contribution in [0.25, 0.3) is 15.4 Å². The number of fused-ring (bicyclic) bond motifs is 3. The standard InChI is InChI=1S/C50H51ClN10O5S2/c1-27(2)45(49(65)59-24-37(62)19-41(59)48(64)53-22-32-7-11-35(12-8-32)46-29(4)54-26-67-46)60-25-39(23-55-60)66-38-17-9-33(10-18-38)21-52-42(63)20-40-47-58-57-31(6)61(47)50-43(28(3)30(5)68-50)44(56-40)34-13-15-36(51)16-14-34/h7-18,23,25-27,37,40-41,45,62H,19-22,24H2,1-6H3,(H,52,63)(H,53,64)/t37-,40+,41+,45+/m1/s1. The number of aliphatic imine (C=N–C) groups is 1. The van der Waals surface area contributed by atoms with Gasteiger partial charge in [-0.05, 0) is 80.1 Å². The summed E-state index contributed by atoms with van der Waals surface area (Å²) in [6, 6.07) is 20.7. The van der Waals surface area contributed by atoms with Crippen molar-refractivity contribution >= 4 is 57.7 Å². The molecule has 0 spiro atoms. The zero-order chi connectivity index (χ0) is 47.8. The maximum Gasteiger partial charge on any atom is 0.248 e. The fourth-order valence-corrected chi connectivity index (χ4v) is 10.9. The molecule has 18 heteroatoms. The van der Waals surface area contributed by atoms with Gasteiger partial charge in [-0.25, -0.2) is 4.98 Å². The minimum Gasteiger partial charge on any atom is -0.454 e. The van der Waals surface area contributed by atoms with Crippen molar-refractivity contribution in [1.29, 1.82) is 0 Å². The predicted octanol–water partition coefficient (Wildman–Crippen LogP) is 8.40. The SMILES string of the molecule is Cc1ncsc1-c1ccc(CNC(=O)[C@@H]2C[C@@H](O)CN2C(=O)[C@H](C(C)C)n2cc(Oc3ccc(CNC(=O)C[C@@H]4N=C(c5ccc(Cl)cc5)c5c(sc(C)c5C)-n5c(C)nnc54)cc3)cn2)cc1. The molecule has 68 heavy (non-hydrogen) atoms. The number of hydrogen-bond acceptors (Lipinski definition) is 12. The van der Waals surface area contributed by atoms with Crippen LogP contribution in [0.2, 0.25) is 5.02 Å². The Morgan fingerprint density at radius 1 is 0.897 bits per heavy atom. The number of aromatic nitrogens is 6. The van der Waals surface area contributed by atoms with Gasteiger partial charge >= 0.3 is 0 Å². The fraction of sp³-hybridized carbons (Fsp3) is 0.320. The predicted molar refractivity (Wildman–Crippen MR) is 263 cm³/mol. The number of nitrogens with zero attached hydrogens (tertiary/aromatic N) is 8. The van der Waals surface area contributed by atoms with E-state index in [9.17, 15) is 19.5 Å².